The molecule has 7 heteroatoms. The van der Waals surface area contributed by atoms with Crippen LogP contribution in [0.5, 0.6) is 0 Å². The average Bonchev–Trinajstić information content (AvgIpc) is 2.52. The molecule has 1 aromatic rings. The van der Waals surface area contributed by atoms with Gasteiger partial charge >= 0.3 is 0 Å². The summed E-state index contributed by atoms with van der Waals surface area (Å²) < 4.78 is 0. The summed E-state index contributed by atoms with van der Waals surface area (Å²) >= 11 is 0. The Kier molecular flexibility index (Phi) is 5.10. The molecule has 1 aliphatic heterocycles. The Morgan fingerprint density at radius 3 is 2.67 bits per heavy atom. The molecule has 0 aliphatic carbocycles. The molecule has 1 aliphatic rings. The van der Waals surface area contributed by atoms with Crippen LogP contribution in [-0.4, -0.2) is 41.9 Å². The number of nitro benzene ring substituents is 1. The molecule has 0 unspecified atom stereocenters. The summed E-state index contributed by atoms with van der Waals surface area (Å²) in [4.78, 5) is 24.3. The van der Waals surface area contributed by atoms with E-state index in [1.165, 1.54) is 6.07 Å². The number of nitro groups is 1. The van der Waals surface area contributed by atoms with Gasteiger partial charge in [0.25, 0.3) is 5.69 Å². The maximum absolute atomic E-state index is 12.1. The van der Waals surface area contributed by atoms with Gasteiger partial charge in [0, 0.05) is 19.2 Å². The highest BCUT2D eigenvalue weighted by Crippen LogP contribution is 2.23. The van der Waals surface area contributed by atoms with Crippen molar-refractivity contribution in [2.45, 2.75) is 12.8 Å². The molecule has 1 amide bonds. The standard InChI is InChI=1S/C14H20N4O3/c15-9-11-5-7-17(8-6-11)14(19)10-16-12-3-1-2-4-13(12)18(20)21/h1-4,11,16H,5-10,15H2. The van der Waals surface area contributed by atoms with Crippen LogP contribution in [0.25, 0.3) is 0 Å². The van der Waals surface area contributed by atoms with E-state index in [9.17, 15) is 14.9 Å². The zero-order valence-electron chi connectivity index (χ0n) is 11.8. The van der Waals surface area contributed by atoms with Gasteiger partial charge < -0.3 is 16.0 Å². The normalized spacial score (nSPS) is 15.8. The number of nitrogens with zero attached hydrogens (tertiary/aromatic N) is 2. The third kappa shape index (κ3) is 3.91. The largest absolute Gasteiger partial charge is 0.371 e. The van der Waals surface area contributed by atoms with E-state index in [1.807, 2.05) is 0 Å². The van der Waals surface area contributed by atoms with Crippen LogP contribution in [0.1, 0.15) is 12.8 Å². The Balaban J connectivity index is 1.89. The van der Waals surface area contributed by atoms with E-state index in [4.69, 9.17) is 5.73 Å². The smallest absolute Gasteiger partial charge is 0.292 e. The number of piperidine rings is 1. The first kappa shape index (κ1) is 15.2. The highest BCUT2D eigenvalue weighted by atomic mass is 16.6. The van der Waals surface area contributed by atoms with Crippen molar-refractivity contribution in [3.05, 3.63) is 34.4 Å². The quantitative estimate of drug-likeness (QED) is 0.627. The summed E-state index contributed by atoms with van der Waals surface area (Å²) in [5.41, 5.74) is 5.97. The molecule has 1 heterocycles. The summed E-state index contributed by atoms with van der Waals surface area (Å²) in [7, 11) is 0. The topological polar surface area (TPSA) is 102 Å². The average molecular weight is 292 g/mol. The maximum Gasteiger partial charge on any atom is 0.292 e. The first-order valence-electron chi connectivity index (χ1n) is 7.07. The molecule has 3 N–H and O–H groups in total. The first-order valence-corrected chi connectivity index (χ1v) is 7.07. The van der Waals surface area contributed by atoms with Crippen LogP contribution in [-0.2, 0) is 4.79 Å². The number of benzene rings is 1. The first-order chi connectivity index (χ1) is 10.1. The summed E-state index contributed by atoms with van der Waals surface area (Å²) in [6.07, 6.45) is 1.85. The van der Waals surface area contributed by atoms with E-state index < -0.39 is 4.92 Å². The van der Waals surface area contributed by atoms with Crippen molar-refractivity contribution < 1.29 is 9.72 Å². The number of amides is 1. The number of carbonyl (C=O) groups is 1. The van der Waals surface area contributed by atoms with Crippen LogP contribution in [0.2, 0.25) is 0 Å². The number of nitrogens with two attached hydrogens (primary N) is 1. The molecule has 0 radical (unpaired) electrons. The lowest BCUT2D eigenvalue weighted by Crippen LogP contribution is -2.42. The molecule has 7 nitrogen and oxygen atoms in total. The van der Waals surface area contributed by atoms with Crippen LogP contribution >= 0.6 is 0 Å². The molecule has 0 atom stereocenters. The van der Waals surface area contributed by atoms with Crippen molar-refractivity contribution in [2.75, 3.05) is 31.5 Å². The number of hydrogen-bond acceptors (Lipinski definition) is 5. The van der Waals surface area contributed by atoms with E-state index in [0.717, 1.165) is 12.8 Å². The van der Waals surface area contributed by atoms with Gasteiger partial charge in [-0.05, 0) is 31.4 Å². The molecule has 0 bridgehead atoms. The predicted molar refractivity (Wildman–Crippen MR) is 79.9 cm³/mol. The van der Waals surface area contributed by atoms with Crippen LogP contribution in [0.3, 0.4) is 0 Å². The van der Waals surface area contributed by atoms with Gasteiger partial charge in [-0.3, -0.25) is 14.9 Å². The van der Waals surface area contributed by atoms with Gasteiger partial charge in [-0.2, -0.15) is 0 Å². The van der Waals surface area contributed by atoms with Gasteiger partial charge in [0.2, 0.25) is 5.91 Å². The Morgan fingerprint density at radius 2 is 2.05 bits per heavy atom. The third-order valence-corrected chi connectivity index (χ3v) is 3.83. The van der Waals surface area contributed by atoms with Crippen molar-refractivity contribution in [3.63, 3.8) is 0 Å². The molecule has 1 saturated heterocycles. The van der Waals surface area contributed by atoms with E-state index in [2.05, 4.69) is 5.32 Å². The molecular formula is C14H20N4O3. The molecule has 1 fully saturated rings. The second kappa shape index (κ2) is 7.03. The predicted octanol–water partition coefficient (Wildman–Crippen LogP) is 1.20. The van der Waals surface area contributed by atoms with Crippen molar-refractivity contribution in [2.24, 2.45) is 11.7 Å². The number of hydrogen-bond donors (Lipinski definition) is 2. The van der Waals surface area contributed by atoms with Crippen molar-refractivity contribution in [1.82, 2.24) is 4.90 Å². The minimum absolute atomic E-state index is 0.0212. The van der Waals surface area contributed by atoms with Crippen LogP contribution in [0.15, 0.2) is 24.3 Å². The van der Waals surface area contributed by atoms with Gasteiger partial charge in [0.05, 0.1) is 11.5 Å². The fourth-order valence-electron chi connectivity index (χ4n) is 2.48. The van der Waals surface area contributed by atoms with Gasteiger partial charge in [-0.25, -0.2) is 0 Å². The fraction of sp³-hybridized carbons (Fsp3) is 0.500. The molecular weight excluding hydrogens is 272 g/mol. The van der Waals surface area contributed by atoms with Crippen molar-refractivity contribution in [1.29, 1.82) is 0 Å². The van der Waals surface area contributed by atoms with Crippen LogP contribution < -0.4 is 11.1 Å². The van der Waals surface area contributed by atoms with E-state index in [0.29, 0.717) is 31.2 Å². The number of rotatable bonds is 5. The van der Waals surface area contributed by atoms with E-state index in [1.54, 1.807) is 23.1 Å². The number of nitrogens with one attached hydrogen (secondary N) is 1. The minimum atomic E-state index is -0.459. The Labute approximate surface area is 123 Å². The molecule has 0 spiro atoms. The minimum Gasteiger partial charge on any atom is -0.371 e. The molecule has 2 rings (SSSR count). The van der Waals surface area contributed by atoms with Crippen molar-refractivity contribution >= 4 is 17.3 Å². The summed E-state index contributed by atoms with van der Waals surface area (Å²) in [6.45, 7) is 2.15. The number of carbonyl (C=O) groups excluding carboxylic acids is 1. The zero-order valence-corrected chi connectivity index (χ0v) is 11.8. The monoisotopic (exact) mass is 292 g/mol. The van der Waals surface area contributed by atoms with Gasteiger partial charge in [-0.15, -0.1) is 0 Å². The molecule has 0 aromatic heterocycles. The third-order valence-electron chi connectivity index (χ3n) is 3.83. The Bertz CT molecular complexity index is 513. The van der Waals surface area contributed by atoms with Gasteiger partial charge in [0.15, 0.2) is 0 Å². The van der Waals surface area contributed by atoms with Gasteiger partial charge in [0.1, 0.15) is 5.69 Å². The van der Waals surface area contributed by atoms with E-state index >= 15 is 0 Å². The second-order valence-corrected chi connectivity index (χ2v) is 5.19. The van der Waals surface area contributed by atoms with Crippen molar-refractivity contribution in [3.8, 4) is 0 Å². The molecule has 114 valence electrons. The SMILES string of the molecule is NCC1CCN(C(=O)CNc2ccccc2[N+](=O)[O-])CC1. The lowest BCUT2D eigenvalue weighted by atomic mass is 9.97. The maximum atomic E-state index is 12.1. The second-order valence-electron chi connectivity index (χ2n) is 5.19. The molecule has 1 aromatic carbocycles. The highest BCUT2D eigenvalue weighted by Gasteiger charge is 2.22. The number of para-hydroxylation sites is 2. The fourth-order valence-corrected chi connectivity index (χ4v) is 2.48. The van der Waals surface area contributed by atoms with Gasteiger partial charge in [-0.1, -0.05) is 12.1 Å². The molecule has 0 saturated carbocycles. The lowest BCUT2D eigenvalue weighted by Gasteiger charge is -2.31. The van der Waals surface area contributed by atoms with Crippen LogP contribution in [0, 0.1) is 16.0 Å². The summed E-state index contributed by atoms with van der Waals surface area (Å²) in [6, 6.07) is 6.32. The Morgan fingerprint density at radius 1 is 1.38 bits per heavy atom. The number of anilines is 1. The molecule has 21 heavy (non-hydrogen) atoms. The van der Waals surface area contributed by atoms with Crippen LogP contribution in [0.4, 0.5) is 11.4 Å². The Hall–Kier alpha value is -2.15. The lowest BCUT2D eigenvalue weighted by molar-refractivity contribution is -0.383. The highest BCUT2D eigenvalue weighted by molar-refractivity contribution is 5.81. The zero-order chi connectivity index (χ0) is 15.2. The summed E-state index contributed by atoms with van der Waals surface area (Å²) in [5.74, 6) is 0.459. The summed E-state index contributed by atoms with van der Waals surface area (Å²) in [5, 5.41) is 13.8. The number of likely N-dealkylation sites (tertiary alicyclic amines) is 1. The van der Waals surface area contributed by atoms with E-state index in [-0.39, 0.29) is 18.1 Å².